The van der Waals surface area contributed by atoms with Gasteiger partial charge < -0.3 is 15.1 Å². The molecule has 1 N–H and O–H groups in total. The van der Waals surface area contributed by atoms with E-state index in [0.29, 0.717) is 0 Å². The van der Waals surface area contributed by atoms with Crippen molar-refractivity contribution in [2.45, 2.75) is 26.3 Å². The molecular formula is C21H25N7O. The number of carbonyl (C=O) groups excluding carboxylic acids is 1. The van der Waals surface area contributed by atoms with Gasteiger partial charge >= 0.3 is 0 Å². The fourth-order valence-electron chi connectivity index (χ4n) is 3.62. The van der Waals surface area contributed by atoms with Gasteiger partial charge in [-0.1, -0.05) is 0 Å². The van der Waals surface area contributed by atoms with Crippen molar-refractivity contribution >= 4 is 28.3 Å². The van der Waals surface area contributed by atoms with Crippen molar-refractivity contribution < 1.29 is 4.79 Å². The van der Waals surface area contributed by atoms with Gasteiger partial charge in [0.1, 0.15) is 5.82 Å². The van der Waals surface area contributed by atoms with E-state index >= 15 is 0 Å². The molecule has 150 valence electrons. The molecule has 4 heterocycles. The molecule has 3 aromatic heterocycles. The normalized spacial score (nSPS) is 16.3. The molecule has 1 saturated heterocycles. The van der Waals surface area contributed by atoms with Crippen molar-refractivity contribution in [2.75, 3.05) is 37.4 Å². The van der Waals surface area contributed by atoms with Crippen molar-refractivity contribution in [3.8, 4) is 0 Å². The smallest absolute Gasteiger partial charge is 0.291 e. The first-order valence-electron chi connectivity index (χ1n) is 9.71. The van der Waals surface area contributed by atoms with Crippen LogP contribution < -0.4 is 10.2 Å². The summed E-state index contributed by atoms with van der Waals surface area (Å²) in [7, 11) is 3.43. The molecule has 0 aromatic carbocycles. The Balaban J connectivity index is 1.56. The number of anilines is 2. The SMILES string of the molecule is Cc1nc(C(=O)N(C)C)nc(N2CC[C@@H](Nc3ccnc4ccncc34)C2)c1C. The Bertz CT molecular complexity index is 1060. The average molecular weight is 391 g/mol. The number of aromatic nitrogens is 4. The largest absolute Gasteiger partial charge is 0.380 e. The Hall–Kier alpha value is -3.29. The van der Waals surface area contributed by atoms with Crippen LogP contribution >= 0.6 is 0 Å². The number of fused-ring (bicyclic) bond motifs is 1. The predicted octanol–water partition coefficient (Wildman–Crippen LogP) is 2.43. The Morgan fingerprint density at radius 1 is 1.21 bits per heavy atom. The lowest BCUT2D eigenvalue weighted by Crippen LogP contribution is -2.30. The van der Waals surface area contributed by atoms with E-state index in [0.717, 1.165) is 53.2 Å². The van der Waals surface area contributed by atoms with Crippen molar-refractivity contribution in [3.05, 3.63) is 47.8 Å². The van der Waals surface area contributed by atoms with E-state index in [-0.39, 0.29) is 17.8 Å². The maximum atomic E-state index is 12.4. The molecule has 3 aromatic rings. The molecule has 0 spiro atoms. The van der Waals surface area contributed by atoms with Gasteiger partial charge in [0.25, 0.3) is 5.91 Å². The minimum atomic E-state index is -0.182. The van der Waals surface area contributed by atoms with E-state index in [4.69, 9.17) is 0 Å². The first-order valence-corrected chi connectivity index (χ1v) is 9.71. The monoisotopic (exact) mass is 391 g/mol. The summed E-state index contributed by atoms with van der Waals surface area (Å²) >= 11 is 0. The number of hydrogen-bond donors (Lipinski definition) is 1. The fraction of sp³-hybridized carbons (Fsp3) is 0.381. The Kier molecular flexibility index (Phi) is 5.00. The zero-order valence-electron chi connectivity index (χ0n) is 17.2. The van der Waals surface area contributed by atoms with E-state index < -0.39 is 0 Å². The number of nitrogens with zero attached hydrogens (tertiary/aromatic N) is 6. The van der Waals surface area contributed by atoms with Gasteiger partial charge in [-0.2, -0.15) is 0 Å². The number of carbonyl (C=O) groups is 1. The zero-order chi connectivity index (χ0) is 20.5. The quantitative estimate of drug-likeness (QED) is 0.731. The summed E-state index contributed by atoms with van der Waals surface area (Å²) in [5.74, 6) is 0.906. The molecule has 1 atom stereocenters. The topological polar surface area (TPSA) is 87.1 Å². The maximum absolute atomic E-state index is 12.4. The van der Waals surface area contributed by atoms with Gasteiger partial charge in [0, 0.05) is 74.1 Å². The van der Waals surface area contributed by atoms with E-state index in [2.05, 4.69) is 30.2 Å². The lowest BCUT2D eigenvalue weighted by molar-refractivity contribution is 0.0815. The van der Waals surface area contributed by atoms with E-state index in [1.54, 1.807) is 20.3 Å². The van der Waals surface area contributed by atoms with Gasteiger partial charge in [-0.05, 0) is 32.4 Å². The van der Waals surface area contributed by atoms with Gasteiger partial charge in [-0.25, -0.2) is 9.97 Å². The summed E-state index contributed by atoms with van der Waals surface area (Å²) in [5.41, 5.74) is 3.81. The second-order valence-electron chi connectivity index (χ2n) is 7.61. The molecule has 0 radical (unpaired) electrons. The summed E-state index contributed by atoms with van der Waals surface area (Å²) < 4.78 is 0. The highest BCUT2D eigenvalue weighted by Gasteiger charge is 2.27. The van der Waals surface area contributed by atoms with Crippen LogP contribution in [-0.4, -0.2) is 64.0 Å². The van der Waals surface area contributed by atoms with Crippen LogP contribution in [0.25, 0.3) is 10.9 Å². The second kappa shape index (κ2) is 7.62. The van der Waals surface area contributed by atoms with E-state index in [1.807, 2.05) is 38.4 Å². The molecule has 29 heavy (non-hydrogen) atoms. The zero-order valence-corrected chi connectivity index (χ0v) is 17.2. The molecule has 0 aliphatic carbocycles. The third-order valence-electron chi connectivity index (χ3n) is 5.35. The van der Waals surface area contributed by atoms with Gasteiger partial charge in [0.05, 0.1) is 5.52 Å². The number of pyridine rings is 2. The molecule has 0 saturated carbocycles. The minimum Gasteiger partial charge on any atom is -0.380 e. The fourth-order valence-corrected chi connectivity index (χ4v) is 3.62. The van der Waals surface area contributed by atoms with Crippen LogP contribution in [0, 0.1) is 13.8 Å². The van der Waals surface area contributed by atoms with Crippen LogP contribution in [0.1, 0.15) is 28.3 Å². The van der Waals surface area contributed by atoms with Crippen LogP contribution in [0.2, 0.25) is 0 Å². The first-order chi connectivity index (χ1) is 13.9. The third-order valence-corrected chi connectivity index (χ3v) is 5.35. The summed E-state index contributed by atoms with van der Waals surface area (Å²) in [4.78, 5) is 33.7. The van der Waals surface area contributed by atoms with Crippen molar-refractivity contribution in [1.82, 2.24) is 24.8 Å². The maximum Gasteiger partial charge on any atom is 0.291 e. The Morgan fingerprint density at radius 2 is 2.03 bits per heavy atom. The molecule has 0 unspecified atom stereocenters. The van der Waals surface area contributed by atoms with Crippen LogP contribution in [0.4, 0.5) is 11.5 Å². The number of rotatable bonds is 4. The highest BCUT2D eigenvalue weighted by Crippen LogP contribution is 2.27. The van der Waals surface area contributed by atoms with Gasteiger partial charge in [0.15, 0.2) is 0 Å². The predicted molar refractivity (Wildman–Crippen MR) is 113 cm³/mol. The Labute approximate surface area is 170 Å². The molecule has 0 bridgehead atoms. The van der Waals surface area contributed by atoms with Gasteiger partial charge in [-0.15, -0.1) is 0 Å². The standard InChI is InChI=1S/C21H25N7O/c1-13-14(2)24-19(21(29)27(3)4)26-20(13)28-10-7-15(12-28)25-18-6-9-23-17-5-8-22-11-16(17)18/h5-6,8-9,11,15H,7,10,12H2,1-4H3,(H,23,25)/t15-/m1/s1. The highest BCUT2D eigenvalue weighted by molar-refractivity contribution is 5.91. The molecule has 1 fully saturated rings. The van der Waals surface area contributed by atoms with Crippen LogP contribution in [0.3, 0.4) is 0 Å². The lowest BCUT2D eigenvalue weighted by atomic mass is 10.2. The summed E-state index contributed by atoms with van der Waals surface area (Å²) in [6.45, 7) is 5.61. The second-order valence-corrected chi connectivity index (χ2v) is 7.61. The van der Waals surface area contributed by atoms with E-state index in [1.165, 1.54) is 4.90 Å². The lowest BCUT2D eigenvalue weighted by Gasteiger charge is -2.22. The molecular weight excluding hydrogens is 366 g/mol. The molecule has 8 nitrogen and oxygen atoms in total. The number of nitrogens with one attached hydrogen (secondary N) is 1. The summed E-state index contributed by atoms with van der Waals surface area (Å²) in [6.07, 6.45) is 6.38. The first kappa shape index (κ1) is 19.0. The number of aryl methyl sites for hydroxylation is 1. The van der Waals surface area contributed by atoms with Gasteiger partial charge in [0.2, 0.25) is 5.82 Å². The number of amides is 1. The highest BCUT2D eigenvalue weighted by atomic mass is 16.2. The molecule has 1 aliphatic heterocycles. The van der Waals surface area contributed by atoms with E-state index in [9.17, 15) is 4.79 Å². The summed E-state index contributed by atoms with van der Waals surface area (Å²) in [6, 6.07) is 4.17. The Morgan fingerprint density at radius 3 is 2.83 bits per heavy atom. The molecule has 1 amide bonds. The molecule has 8 heteroatoms. The number of hydrogen-bond acceptors (Lipinski definition) is 7. The average Bonchev–Trinajstić information content (AvgIpc) is 3.18. The van der Waals surface area contributed by atoms with Gasteiger partial charge in [-0.3, -0.25) is 14.8 Å². The van der Waals surface area contributed by atoms with Crippen molar-refractivity contribution in [3.63, 3.8) is 0 Å². The third kappa shape index (κ3) is 3.70. The van der Waals surface area contributed by atoms with Crippen LogP contribution in [0.5, 0.6) is 0 Å². The summed E-state index contributed by atoms with van der Waals surface area (Å²) in [5, 5.41) is 4.65. The molecule has 1 aliphatic rings. The van der Waals surface area contributed by atoms with Crippen LogP contribution in [0.15, 0.2) is 30.7 Å². The minimum absolute atomic E-state index is 0.182. The van der Waals surface area contributed by atoms with Crippen LogP contribution in [-0.2, 0) is 0 Å². The van der Waals surface area contributed by atoms with Crippen molar-refractivity contribution in [1.29, 1.82) is 0 Å². The van der Waals surface area contributed by atoms with Crippen molar-refractivity contribution in [2.24, 2.45) is 0 Å². The molecule has 4 rings (SSSR count).